The molecule has 0 amide bonds. The summed E-state index contributed by atoms with van der Waals surface area (Å²) in [5.41, 5.74) is -2.21. The number of carbonyl (C=O) groups excluding carboxylic acids is 2. The highest BCUT2D eigenvalue weighted by Gasteiger charge is 2.67. The standard InChI is InChI=1S/C27H42O6/c1-15(20(28)8-9-24(2,3)32)16-7-11-27(33)18-12-21(29)19-13-22(30)23(31)14-25(19,4)17(18)6-10-26(16,27)5/h12,15-17,19-20,22,28,30,32-33H,6-11,13-14H2,1-5H3/t15-,16+,17-,19-,20+,22?,25+,26+,27+/m0/s1. The van der Waals surface area contributed by atoms with Gasteiger partial charge in [-0.15, -0.1) is 0 Å². The maximum Gasteiger partial charge on any atom is 0.161 e. The van der Waals surface area contributed by atoms with Gasteiger partial charge in [0.05, 0.1) is 17.3 Å². The number of aliphatic hydroxyl groups is 4. The molecule has 33 heavy (non-hydrogen) atoms. The summed E-state index contributed by atoms with van der Waals surface area (Å²) >= 11 is 0. The molecular formula is C27H42O6. The second-order valence-electron chi connectivity index (χ2n) is 12.7. The molecule has 3 saturated carbocycles. The molecule has 3 fully saturated rings. The molecule has 4 rings (SSSR count). The molecule has 0 aliphatic heterocycles. The molecule has 9 atom stereocenters. The lowest BCUT2D eigenvalue weighted by atomic mass is 9.46. The minimum absolute atomic E-state index is 0.0439. The van der Waals surface area contributed by atoms with Crippen molar-refractivity contribution < 1.29 is 30.0 Å². The highest BCUT2D eigenvalue weighted by atomic mass is 16.3. The van der Waals surface area contributed by atoms with E-state index in [0.717, 1.165) is 24.8 Å². The molecule has 0 bridgehead atoms. The Morgan fingerprint density at radius 1 is 1.15 bits per heavy atom. The number of ketones is 2. The third-order valence-electron chi connectivity index (χ3n) is 10.3. The summed E-state index contributed by atoms with van der Waals surface area (Å²) in [4.78, 5) is 25.7. The number of hydrogen-bond donors (Lipinski definition) is 4. The average Bonchev–Trinajstić information content (AvgIpc) is 2.99. The molecule has 6 heteroatoms. The van der Waals surface area contributed by atoms with Gasteiger partial charge in [-0.05, 0) is 93.6 Å². The van der Waals surface area contributed by atoms with E-state index in [1.165, 1.54) is 0 Å². The van der Waals surface area contributed by atoms with Crippen LogP contribution in [0.15, 0.2) is 11.6 Å². The van der Waals surface area contributed by atoms with Crippen LogP contribution in [0.3, 0.4) is 0 Å². The Morgan fingerprint density at radius 3 is 2.45 bits per heavy atom. The fourth-order valence-corrected chi connectivity index (χ4v) is 8.11. The molecule has 0 saturated heterocycles. The number of hydrogen-bond acceptors (Lipinski definition) is 6. The number of aliphatic hydroxyl groups excluding tert-OH is 2. The molecule has 0 spiro atoms. The molecule has 0 aromatic heterocycles. The van der Waals surface area contributed by atoms with Crippen molar-refractivity contribution in [2.45, 2.75) is 109 Å². The molecule has 1 unspecified atom stereocenters. The lowest BCUT2D eigenvalue weighted by Gasteiger charge is -2.59. The van der Waals surface area contributed by atoms with Gasteiger partial charge in [0.15, 0.2) is 11.6 Å². The number of allylic oxidation sites excluding steroid dienone is 1. The summed E-state index contributed by atoms with van der Waals surface area (Å²) in [5.74, 6) is -0.657. The largest absolute Gasteiger partial charge is 0.393 e. The molecule has 4 aliphatic carbocycles. The van der Waals surface area contributed by atoms with E-state index in [2.05, 4.69) is 6.92 Å². The Morgan fingerprint density at radius 2 is 1.82 bits per heavy atom. The highest BCUT2D eigenvalue weighted by molar-refractivity contribution is 5.97. The summed E-state index contributed by atoms with van der Waals surface area (Å²) in [6, 6.07) is 0. The van der Waals surface area contributed by atoms with E-state index in [1.54, 1.807) is 19.9 Å². The summed E-state index contributed by atoms with van der Waals surface area (Å²) < 4.78 is 0. The molecule has 0 radical (unpaired) electrons. The molecule has 4 aliphatic rings. The molecule has 0 heterocycles. The summed E-state index contributed by atoms with van der Waals surface area (Å²) in [6.45, 7) is 9.64. The summed E-state index contributed by atoms with van der Waals surface area (Å²) in [7, 11) is 0. The number of carbonyl (C=O) groups is 2. The van der Waals surface area contributed by atoms with E-state index in [4.69, 9.17) is 0 Å². The normalized spacial score (nSPS) is 45.1. The summed E-state index contributed by atoms with van der Waals surface area (Å²) in [5, 5.41) is 43.3. The predicted molar refractivity (Wildman–Crippen MR) is 124 cm³/mol. The van der Waals surface area contributed by atoms with Crippen molar-refractivity contribution in [2.24, 2.45) is 34.5 Å². The van der Waals surface area contributed by atoms with Gasteiger partial charge in [-0.25, -0.2) is 0 Å². The van der Waals surface area contributed by atoms with Gasteiger partial charge in [-0.1, -0.05) is 20.8 Å². The van der Waals surface area contributed by atoms with Crippen molar-refractivity contribution in [3.8, 4) is 0 Å². The molecule has 0 aromatic rings. The van der Waals surface area contributed by atoms with Crippen molar-refractivity contribution in [3.63, 3.8) is 0 Å². The van der Waals surface area contributed by atoms with Crippen LogP contribution in [-0.4, -0.2) is 55.4 Å². The van der Waals surface area contributed by atoms with Crippen LogP contribution >= 0.6 is 0 Å². The number of Topliss-reactive ketones (excluding diaryl/α,β-unsaturated/α-hetero) is 1. The van der Waals surface area contributed by atoms with Crippen molar-refractivity contribution in [2.75, 3.05) is 0 Å². The van der Waals surface area contributed by atoms with Crippen molar-refractivity contribution >= 4 is 11.6 Å². The lowest BCUT2D eigenvalue weighted by molar-refractivity contribution is -0.153. The first kappa shape index (κ1) is 25.0. The Bertz CT molecular complexity index is 857. The third-order valence-corrected chi connectivity index (χ3v) is 10.3. The smallest absolute Gasteiger partial charge is 0.161 e. The Kier molecular flexibility index (Phi) is 6.05. The fraction of sp³-hybridized carbons (Fsp3) is 0.852. The predicted octanol–water partition coefficient (Wildman–Crippen LogP) is 2.95. The van der Waals surface area contributed by atoms with Gasteiger partial charge in [0.1, 0.15) is 6.10 Å². The molecule has 186 valence electrons. The van der Waals surface area contributed by atoms with Crippen molar-refractivity contribution in [1.82, 2.24) is 0 Å². The van der Waals surface area contributed by atoms with Crippen LogP contribution in [0.4, 0.5) is 0 Å². The minimum Gasteiger partial charge on any atom is -0.393 e. The zero-order valence-corrected chi connectivity index (χ0v) is 20.8. The van der Waals surface area contributed by atoms with Crippen LogP contribution in [0.25, 0.3) is 0 Å². The van der Waals surface area contributed by atoms with Gasteiger partial charge in [-0.2, -0.15) is 0 Å². The van der Waals surface area contributed by atoms with Gasteiger partial charge in [0, 0.05) is 17.8 Å². The average molecular weight is 463 g/mol. The van der Waals surface area contributed by atoms with Crippen LogP contribution in [0, 0.1) is 34.5 Å². The third kappa shape index (κ3) is 3.76. The van der Waals surface area contributed by atoms with Crippen LogP contribution in [-0.2, 0) is 9.59 Å². The zero-order valence-electron chi connectivity index (χ0n) is 20.8. The molecule has 0 aromatic carbocycles. The van der Waals surface area contributed by atoms with E-state index >= 15 is 0 Å². The van der Waals surface area contributed by atoms with E-state index in [9.17, 15) is 30.0 Å². The monoisotopic (exact) mass is 462 g/mol. The first-order valence-electron chi connectivity index (χ1n) is 12.7. The van der Waals surface area contributed by atoms with Crippen LogP contribution in [0.1, 0.15) is 86.0 Å². The second-order valence-corrected chi connectivity index (χ2v) is 12.7. The zero-order chi connectivity index (χ0) is 24.6. The number of rotatable bonds is 5. The van der Waals surface area contributed by atoms with Gasteiger partial charge in [-0.3, -0.25) is 9.59 Å². The van der Waals surface area contributed by atoms with Crippen molar-refractivity contribution in [1.29, 1.82) is 0 Å². The van der Waals surface area contributed by atoms with E-state index in [1.807, 2.05) is 13.8 Å². The maximum absolute atomic E-state index is 13.2. The quantitative estimate of drug-likeness (QED) is 0.499. The first-order chi connectivity index (χ1) is 15.1. The molecule has 4 N–H and O–H groups in total. The van der Waals surface area contributed by atoms with Crippen molar-refractivity contribution in [3.05, 3.63) is 11.6 Å². The lowest BCUT2D eigenvalue weighted by Crippen LogP contribution is -2.60. The van der Waals surface area contributed by atoms with Crippen LogP contribution in [0.5, 0.6) is 0 Å². The Balaban J connectivity index is 1.63. The van der Waals surface area contributed by atoms with E-state index < -0.39 is 34.2 Å². The number of fused-ring (bicyclic) bond motifs is 5. The fourth-order valence-electron chi connectivity index (χ4n) is 8.11. The second kappa shape index (κ2) is 7.97. The Hall–Kier alpha value is -1.08. The van der Waals surface area contributed by atoms with E-state index in [0.29, 0.717) is 19.3 Å². The maximum atomic E-state index is 13.2. The van der Waals surface area contributed by atoms with Gasteiger partial charge >= 0.3 is 0 Å². The van der Waals surface area contributed by atoms with Gasteiger partial charge in [0.2, 0.25) is 0 Å². The molecule has 6 nitrogen and oxygen atoms in total. The molecular weight excluding hydrogens is 420 g/mol. The van der Waals surface area contributed by atoms with E-state index in [-0.39, 0.29) is 48.1 Å². The van der Waals surface area contributed by atoms with Gasteiger partial charge in [0.25, 0.3) is 0 Å². The topological polar surface area (TPSA) is 115 Å². The van der Waals surface area contributed by atoms with Crippen LogP contribution < -0.4 is 0 Å². The summed E-state index contributed by atoms with van der Waals surface area (Å²) in [6.07, 6.45) is 4.25. The SMILES string of the molecule is C[C@H]([C@H](O)CCC(C)(C)O)[C@H]1CC[C@@]2(O)C3=CC(=O)[C@@H]4CC(O)C(=O)C[C@]4(C)[C@H]3CC[C@]12C. The first-order valence-corrected chi connectivity index (χ1v) is 12.7. The Labute approximate surface area is 197 Å². The minimum atomic E-state index is -1.13. The van der Waals surface area contributed by atoms with Gasteiger partial charge < -0.3 is 20.4 Å². The highest BCUT2D eigenvalue weighted by Crippen LogP contribution is 2.68. The van der Waals surface area contributed by atoms with Crippen LogP contribution in [0.2, 0.25) is 0 Å².